The van der Waals surface area contributed by atoms with Crippen LogP contribution in [0.2, 0.25) is 0 Å². The van der Waals surface area contributed by atoms with Crippen LogP contribution < -0.4 is 11.1 Å². The minimum absolute atomic E-state index is 0.424. The first-order valence-corrected chi connectivity index (χ1v) is 7.74. The third-order valence-corrected chi connectivity index (χ3v) is 4.70. The second-order valence-electron chi connectivity index (χ2n) is 5.23. The Balaban J connectivity index is 1.53. The smallest absolute Gasteiger partial charge is 0.0991 e. The number of hydrogen-bond acceptors (Lipinski definition) is 4. The topological polar surface area (TPSA) is 55.9 Å². The second kappa shape index (κ2) is 5.86. The van der Waals surface area contributed by atoms with Gasteiger partial charge in [0.05, 0.1) is 12.0 Å². The molecule has 0 aromatic carbocycles. The van der Waals surface area contributed by atoms with Crippen molar-refractivity contribution in [2.75, 3.05) is 0 Å². The minimum Gasteiger partial charge on any atom is -0.328 e. The highest BCUT2D eigenvalue weighted by molar-refractivity contribution is 7.10. The van der Waals surface area contributed by atoms with Gasteiger partial charge >= 0.3 is 0 Å². The third kappa shape index (κ3) is 3.23. The lowest BCUT2D eigenvalue weighted by atomic mass is 9.92. The van der Waals surface area contributed by atoms with Crippen molar-refractivity contribution >= 4 is 11.3 Å². The van der Waals surface area contributed by atoms with Crippen molar-refractivity contribution in [3.8, 4) is 5.69 Å². The quantitative estimate of drug-likeness (QED) is 0.901. The Morgan fingerprint density at radius 3 is 2.95 bits per heavy atom. The van der Waals surface area contributed by atoms with E-state index in [0.717, 1.165) is 19.4 Å². The van der Waals surface area contributed by atoms with Crippen molar-refractivity contribution in [1.82, 2.24) is 14.9 Å². The highest BCUT2D eigenvalue weighted by Gasteiger charge is 2.17. The fraction of sp³-hybridized carbons (Fsp3) is 0.500. The predicted molar refractivity (Wildman–Crippen MR) is 78.5 cm³/mol. The van der Waals surface area contributed by atoms with Crippen molar-refractivity contribution in [3.05, 3.63) is 35.0 Å². The molecule has 102 valence electrons. The van der Waals surface area contributed by atoms with Crippen LogP contribution in [-0.2, 0) is 6.54 Å². The monoisotopic (exact) mass is 276 g/mol. The van der Waals surface area contributed by atoms with Crippen LogP contribution in [0.5, 0.6) is 0 Å². The lowest BCUT2D eigenvalue weighted by Gasteiger charge is -2.26. The van der Waals surface area contributed by atoms with Crippen LogP contribution in [0.3, 0.4) is 0 Å². The van der Waals surface area contributed by atoms with Gasteiger partial charge in [-0.25, -0.2) is 4.98 Å². The molecular formula is C14H20N4S. The summed E-state index contributed by atoms with van der Waals surface area (Å²) in [6.07, 6.45) is 10.3. The molecule has 4 nitrogen and oxygen atoms in total. The van der Waals surface area contributed by atoms with Crippen LogP contribution in [0, 0.1) is 0 Å². The number of nitrogens with zero attached hydrogens (tertiary/aromatic N) is 2. The first-order chi connectivity index (χ1) is 9.31. The fourth-order valence-electron chi connectivity index (χ4n) is 2.58. The average molecular weight is 276 g/mol. The number of nitrogens with two attached hydrogens (primary N) is 1. The molecule has 0 amide bonds. The summed E-state index contributed by atoms with van der Waals surface area (Å²) < 4.78 is 2.04. The maximum absolute atomic E-state index is 5.93. The fourth-order valence-corrected chi connectivity index (χ4v) is 3.39. The Kier molecular flexibility index (Phi) is 3.96. The minimum atomic E-state index is 0.424. The van der Waals surface area contributed by atoms with Gasteiger partial charge in [-0.05, 0) is 31.7 Å². The van der Waals surface area contributed by atoms with Gasteiger partial charge in [-0.2, -0.15) is 0 Å². The molecule has 0 bridgehead atoms. The Labute approximate surface area is 117 Å². The Morgan fingerprint density at radius 1 is 1.37 bits per heavy atom. The number of thiophene rings is 1. The van der Waals surface area contributed by atoms with Gasteiger partial charge in [-0.1, -0.05) is 0 Å². The largest absolute Gasteiger partial charge is 0.328 e. The summed E-state index contributed by atoms with van der Waals surface area (Å²) in [5, 5.41) is 5.82. The van der Waals surface area contributed by atoms with E-state index in [2.05, 4.69) is 21.7 Å². The summed E-state index contributed by atoms with van der Waals surface area (Å²) in [6, 6.07) is 3.29. The van der Waals surface area contributed by atoms with Crippen molar-refractivity contribution < 1.29 is 0 Å². The lowest BCUT2D eigenvalue weighted by Crippen LogP contribution is -2.36. The molecule has 1 aliphatic carbocycles. The summed E-state index contributed by atoms with van der Waals surface area (Å²) >= 11 is 1.80. The van der Waals surface area contributed by atoms with E-state index in [9.17, 15) is 0 Å². The van der Waals surface area contributed by atoms with Crippen molar-refractivity contribution in [2.24, 2.45) is 5.73 Å². The van der Waals surface area contributed by atoms with Gasteiger partial charge in [0.2, 0.25) is 0 Å². The van der Waals surface area contributed by atoms with Gasteiger partial charge in [-0.15, -0.1) is 11.3 Å². The van der Waals surface area contributed by atoms with E-state index in [0.29, 0.717) is 12.1 Å². The van der Waals surface area contributed by atoms with Crippen molar-refractivity contribution in [2.45, 2.75) is 44.3 Å². The van der Waals surface area contributed by atoms with Crippen molar-refractivity contribution in [3.63, 3.8) is 0 Å². The lowest BCUT2D eigenvalue weighted by molar-refractivity contribution is 0.342. The average Bonchev–Trinajstić information content (AvgIpc) is 3.09. The van der Waals surface area contributed by atoms with E-state index >= 15 is 0 Å². The molecule has 5 heteroatoms. The standard InChI is InChI=1S/C14H20N4S/c15-11-1-3-12(4-2-11)17-8-14-7-13(9-19-14)18-6-5-16-10-18/h5-7,9-12,17H,1-4,8,15H2. The normalized spacial score (nSPS) is 23.6. The molecule has 0 unspecified atom stereocenters. The summed E-state index contributed by atoms with van der Waals surface area (Å²) in [6.45, 7) is 0.958. The van der Waals surface area contributed by atoms with Crippen LogP contribution in [0.15, 0.2) is 30.2 Å². The molecular weight excluding hydrogens is 256 g/mol. The first-order valence-electron chi connectivity index (χ1n) is 6.86. The number of hydrogen-bond donors (Lipinski definition) is 2. The van der Waals surface area contributed by atoms with Gasteiger partial charge in [0.1, 0.15) is 0 Å². The molecule has 19 heavy (non-hydrogen) atoms. The Morgan fingerprint density at radius 2 is 2.21 bits per heavy atom. The Hall–Kier alpha value is -1.17. The molecule has 0 radical (unpaired) electrons. The third-order valence-electron chi connectivity index (χ3n) is 3.78. The van der Waals surface area contributed by atoms with E-state index in [1.54, 1.807) is 17.5 Å². The summed E-state index contributed by atoms with van der Waals surface area (Å²) in [4.78, 5) is 5.45. The van der Waals surface area contributed by atoms with E-state index in [1.807, 2.05) is 17.1 Å². The zero-order valence-corrected chi connectivity index (χ0v) is 11.8. The molecule has 0 aliphatic heterocycles. The molecule has 1 aliphatic rings. The van der Waals surface area contributed by atoms with Gasteiger partial charge in [0, 0.05) is 41.3 Å². The zero-order chi connectivity index (χ0) is 13.1. The maximum Gasteiger partial charge on any atom is 0.0991 e. The molecule has 2 aromatic rings. The molecule has 2 aromatic heterocycles. The molecule has 2 heterocycles. The molecule has 0 spiro atoms. The first kappa shape index (κ1) is 12.8. The van der Waals surface area contributed by atoms with Crippen LogP contribution in [0.1, 0.15) is 30.6 Å². The Bertz CT molecular complexity index is 497. The number of imidazole rings is 1. The van der Waals surface area contributed by atoms with Gasteiger partial charge < -0.3 is 15.6 Å². The van der Waals surface area contributed by atoms with Gasteiger partial charge in [-0.3, -0.25) is 0 Å². The summed E-state index contributed by atoms with van der Waals surface area (Å²) in [5.74, 6) is 0. The van der Waals surface area contributed by atoms with Crippen molar-refractivity contribution in [1.29, 1.82) is 0 Å². The van der Waals surface area contributed by atoms with Crippen LogP contribution >= 0.6 is 11.3 Å². The van der Waals surface area contributed by atoms with Crippen LogP contribution in [-0.4, -0.2) is 21.6 Å². The molecule has 1 saturated carbocycles. The number of nitrogens with one attached hydrogen (secondary N) is 1. The number of aromatic nitrogens is 2. The van der Waals surface area contributed by atoms with E-state index in [1.165, 1.54) is 23.4 Å². The molecule has 0 atom stereocenters. The SMILES string of the molecule is NC1CCC(NCc2cc(-n3ccnc3)cs2)CC1. The van der Waals surface area contributed by atoms with Gasteiger partial charge in [0.25, 0.3) is 0 Å². The van der Waals surface area contributed by atoms with Gasteiger partial charge in [0.15, 0.2) is 0 Å². The summed E-state index contributed by atoms with van der Waals surface area (Å²) in [7, 11) is 0. The van der Waals surface area contributed by atoms with E-state index in [4.69, 9.17) is 5.73 Å². The highest BCUT2D eigenvalue weighted by Crippen LogP contribution is 2.20. The zero-order valence-electron chi connectivity index (χ0n) is 11.0. The van der Waals surface area contributed by atoms with E-state index < -0.39 is 0 Å². The molecule has 3 N–H and O–H groups in total. The van der Waals surface area contributed by atoms with Crippen LogP contribution in [0.4, 0.5) is 0 Å². The van der Waals surface area contributed by atoms with E-state index in [-0.39, 0.29) is 0 Å². The number of rotatable bonds is 4. The molecule has 1 fully saturated rings. The predicted octanol–water partition coefficient (Wildman–Crippen LogP) is 2.29. The summed E-state index contributed by atoms with van der Waals surface area (Å²) in [5.41, 5.74) is 7.13. The van der Waals surface area contributed by atoms with Crippen LogP contribution in [0.25, 0.3) is 5.69 Å². The highest BCUT2D eigenvalue weighted by atomic mass is 32.1. The maximum atomic E-state index is 5.93. The second-order valence-corrected chi connectivity index (χ2v) is 6.23. The molecule has 0 saturated heterocycles. The molecule has 3 rings (SSSR count).